The third kappa shape index (κ3) is 4.26. The number of halogens is 1. The highest BCUT2D eigenvalue weighted by atomic mass is 35.5. The molecule has 0 saturated heterocycles. The topological polar surface area (TPSA) is 67.2 Å². The maximum Gasteiger partial charge on any atom is 0.277 e. The SMILES string of the molecule is Cc1ccc(CNC(=O)[C@@]2(C)Cn3nc(-c4cccs4)cc3C(=O)N2c2ccc(Cl)cc2C)cc1. The Morgan fingerprint density at radius 2 is 1.91 bits per heavy atom. The van der Waals surface area contributed by atoms with Crippen LogP contribution in [0.15, 0.2) is 66.0 Å². The second-order valence-electron chi connectivity index (χ2n) is 9.06. The summed E-state index contributed by atoms with van der Waals surface area (Å²) in [6.45, 7) is 6.29. The van der Waals surface area contributed by atoms with Gasteiger partial charge in [0.2, 0.25) is 5.91 Å². The lowest BCUT2D eigenvalue weighted by molar-refractivity contribution is -0.126. The molecule has 8 heteroatoms. The van der Waals surface area contributed by atoms with Crippen LogP contribution < -0.4 is 10.2 Å². The van der Waals surface area contributed by atoms with Crippen LogP contribution >= 0.6 is 22.9 Å². The molecule has 5 rings (SSSR count). The zero-order valence-electron chi connectivity index (χ0n) is 19.7. The molecule has 0 bridgehead atoms. The molecule has 35 heavy (non-hydrogen) atoms. The summed E-state index contributed by atoms with van der Waals surface area (Å²) in [5.41, 5.74) is 3.58. The van der Waals surface area contributed by atoms with Gasteiger partial charge in [0.05, 0.1) is 11.4 Å². The van der Waals surface area contributed by atoms with Crippen LogP contribution in [0.2, 0.25) is 5.02 Å². The Hall–Kier alpha value is -3.42. The van der Waals surface area contributed by atoms with Crippen LogP contribution in [0.1, 0.15) is 34.1 Å². The molecule has 0 spiro atoms. The third-order valence-electron chi connectivity index (χ3n) is 6.39. The second-order valence-corrected chi connectivity index (χ2v) is 10.4. The Morgan fingerprint density at radius 3 is 2.60 bits per heavy atom. The predicted molar refractivity (Wildman–Crippen MR) is 140 cm³/mol. The summed E-state index contributed by atoms with van der Waals surface area (Å²) >= 11 is 7.76. The van der Waals surface area contributed by atoms with Crippen LogP contribution in [0.5, 0.6) is 0 Å². The van der Waals surface area contributed by atoms with Crippen molar-refractivity contribution in [2.75, 3.05) is 4.90 Å². The normalized spacial score (nSPS) is 17.4. The number of hydrogen-bond acceptors (Lipinski definition) is 4. The first kappa shape index (κ1) is 23.3. The van der Waals surface area contributed by atoms with E-state index in [-0.39, 0.29) is 18.4 Å². The van der Waals surface area contributed by atoms with E-state index in [1.165, 1.54) is 0 Å². The molecule has 178 valence electrons. The first-order chi connectivity index (χ1) is 16.8. The van der Waals surface area contributed by atoms with Gasteiger partial charge in [0.1, 0.15) is 16.9 Å². The van der Waals surface area contributed by atoms with Gasteiger partial charge in [0, 0.05) is 17.3 Å². The molecule has 4 aromatic rings. The maximum atomic E-state index is 13.9. The minimum Gasteiger partial charge on any atom is -0.350 e. The van der Waals surface area contributed by atoms with Gasteiger partial charge in [-0.05, 0) is 67.6 Å². The van der Waals surface area contributed by atoms with E-state index in [2.05, 4.69) is 5.32 Å². The summed E-state index contributed by atoms with van der Waals surface area (Å²) in [6.07, 6.45) is 0. The molecule has 0 saturated carbocycles. The van der Waals surface area contributed by atoms with E-state index in [1.54, 1.807) is 52.1 Å². The van der Waals surface area contributed by atoms with Gasteiger partial charge >= 0.3 is 0 Å². The van der Waals surface area contributed by atoms with Gasteiger partial charge in [0.25, 0.3) is 5.91 Å². The van der Waals surface area contributed by atoms with Crippen molar-refractivity contribution in [1.82, 2.24) is 15.1 Å². The molecule has 1 N–H and O–H groups in total. The number of hydrogen-bond donors (Lipinski definition) is 1. The van der Waals surface area contributed by atoms with Crippen LogP contribution in [0.3, 0.4) is 0 Å². The number of aromatic nitrogens is 2. The Bertz CT molecular complexity index is 1410. The summed E-state index contributed by atoms with van der Waals surface area (Å²) in [5, 5.41) is 10.3. The number of thiophene rings is 1. The number of nitrogens with one attached hydrogen (secondary N) is 1. The molecule has 0 fully saturated rings. The Kier molecular flexibility index (Phi) is 5.99. The number of nitrogens with zero attached hydrogens (tertiary/aromatic N) is 3. The van der Waals surface area contributed by atoms with Gasteiger partial charge in [0.15, 0.2) is 0 Å². The molecule has 2 aromatic heterocycles. The minimum absolute atomic E-state index is 0.223. The lowest BCUT2D eigenvalue weighted by Gasteiger charge is -2.43. The quantitative estimate of drug-likeness (QED) is 0.383. The van der Waals surface area contributed by atoms with Crippen molar-refractivity contribution in [3.05, 3.63) is 93.5 Å². The summed E-state index contributed by atoms with van der Waals surface area (Å²) < 4.78 is 1.66. The van der Waals surface area contributed by atoms with Gasteiger partial charge in [-0.3, -0.25) is 19.2 Å². The molecule has 0 unspecified atom stereocenters. The zero-order chi connectivity index (χ0) is 24.7. The number of carbonyl (C=O) groups excluding carboxylic acids is 2. The van der Waals surface area contributed by atoms with Crippen molar-refractivity contribution in [2.24, 2.45) is 0 Å². The smallest absolute Gasteiger partial charge is 0.277 e. The first-order valence-electron chi connectivity index (χ1n) is 11.3. The van der Waals surface area contributed by atoms with Gasteiger partial charge in [-0.2, -0.15) is 5.10 Å². The van der Waals surface area contributed by atoms with E-state index >= 15 is 0 Å². The molecule has 1 aliphatic heterocycles. The zero-order valence-corrected chi connectivity index (χ0v) is 21.3. The lowest BCUT2D eigenvalue weighted by atomic mass is 9.93. The van der Waals surface area contributed by atoms with Crippen molar-refractivity contribution in [2.45, 2.75) is 39.4 Å². The van der Waals surface area contributed by atoms with Crippen molar-refractivity contribution >= 4 is 40.4 Å². The fourth-order valence-corrected chi connectivity index (χ4v) is 5.36. The molecule has 0 aliphatic carbocycles. The molecule has 1 aliphatic rings. The van der Waals surface area contributed by atoms with E-state index in [1.807, 2.05) is 55.6 Å². The summed E-state index contributed by atoms with van der Waals surface area (Å²) in [5.74, 6) is -0.524. The van der Waals surface area contributed by atoms with E-state index < -0.39 is 5.54 Å². The number of fused-ring (bicyclic) bond motifs is 1. The highest BCUT2D eigenvalue weighted by Crippen LogP contribution is 2.37. The number of rotatable bonds is 5. The summed E-state index contributed by atoms with van der Waals surface area (Å²) in [4.78, 5) is 30.2. The van der Waals surface area contributed by atoms with Gasteiger partial charge < -0.3 is 5.32 Å². The highest BCUT2D eigenvalue weighted by molar-refractivity contribution is 7.13. The van der Waals surface area contributed by atoms with E-state index in [0.29, 0.717) is 22.9 Å². The van der Waals surface area contributed by atoms with Crippen molar-refractivity contribution < 1.29 is 9.59 Å². The molecule has 6 nitrogen and oxygen atoms in total. The Labute approximate surface area is 213 Å². The van der Waals surface area contributed by atoms with E-state index in [9.17, 15) is 9.59 Å². The molecular weight excluding hydrogens is 480 g/mol. The standard InChI is InChI=1S/C27H25ClN4O2S/c1-17-6-8-19(9-7-17)15-29-26(34)27(3)16-31-23(14-21(30-31)24-5-4-12-35-24)25(33)32(27)22-11-10-20(28)13-18(22)2/h4-14H,15-16H2,1-3H3,(H,29,34)/t27-/m1/s1. The van der Waals surface area contributed by atoms with Gasteiger partial charge in [-0.1, -0.05) is 47.5 Å². The van der Waals surface area contributed by atoms with Crippen LogP contribution in [-0.2, 0) is 17.9 Å². The van der Waals surface area contributed by atoms with Crippen molar-refractivity contribution in [3.8, 4) is 10.6 Å². The van der Waals surface area contributed by atoms with E-state index in [4.69, 9.17) is 16.7 Å². The third-order valence-corrected chi connectivity index (χ3v) is 7.52. The molecule has 2 aromatic carbocycles. The predicted octanol–water partition coefficient (Wildman–Crippen LogP) is 5.62. The number of benzene rings is 2. The van der Waals surface area contributed by atoms with Crippen molar-refractivity contribution in [1.29, 1.82) is 0 Å². The molecule has 2 amide bonds. The lowest BCUT2D eigenvalue weighted by Crippen LogP contribution is -2.64. The van der Waals surface area contributed by atoms with E-state index in [0.717, 1.165) is 27.3 Å². The molecule has 0 radical (unpaired) electrons. The fraction of sp³-hybridized carbons (Fsp3) is 0.222. The number of amides is 2. The molecular formula is C27H25ClN4O2S. The number of carbonyl (C=O) groups is 2. The van der Waals surface area contributed by atoms with Crippen molar-refractivity contribution in [3.63, 3.8) is 0 Å². The van der Waals surface area contributed by atoms with Crippen LogP contribution in [0.25, 0.3) is 10.6 Å². The first-order valence-corrected chi connectivity index (χ1v) is 12.6. The Morgan fingerprint density at radius 1 is 1.14 bits per heavy atom. The minimum atomic E-state index is -1.20. The highest BCUT2D eigenvalue weighted by Gasteiger charge is 2.49. The molecule has 3 heterocycles. The largest absolute Gasteiger partial charge is 0.350 e. The maximum absolute atomic E-state index is 13.9. The number of anilines is 1. The van der Waals surface area contributed by atoms with Gasteiger partial charge in [-0.15, -0.1) is 11.3 Å². The average molecular weight is 505 g/mol. The summed E-state index contributed by atoms with van der Waals surface area (Å²) in [7, 11) is 0. The fourth-order valence-electron chi connectivity index (χ4n) is 4.45. The average Bonchev–Trinajstić information content (AvgIpc) is 3.50. The van der Waals surface area contributed by atoms with Crippen LogP contribution in [-0.4, -0.2) is 27.1 Å². The second kappa shape index (κ2) is 8.98. The summed E-state index contributed by atoms with van der Waals surface area (Å²) in [6, 6.07) is 19.1. The van der Waals surface area contributed by atoms with Crippen LogP contribution in [0, 0.1) is 13.8 Å². The Balaban J connectivity index is 1.55. The number of aryl methyl sites for hydroxylation is 2. The van der Waals surface area contributed by atoms with Crippen LogP contribution in [0.4, 0.5) is 5.69 Å². The van der Waals surface area contributed by atoms with Gasteiger partial charge in [-0.25, -0.2) is 0 Å². The molecule has 1 atom stereocenters. The monoisotopic (exact) mass is 504 g/mol.